The molecule has 8 heteroatoms. The molecule has 0 saturated carbocycles. The van der Waals surface area contributed by atoms with E-state index in [9.17, 15) is 9.59 Å². The van der Waals surface area contributed by atoms with Gasteiger partial charge in [0.1, 0.15) is 0 Å². The minimum absolute atomic E-state index is 0.0495. The van der Waals surface area contributed by atoms with Gasteiger partial charge in [0.15, 0.2) is 0 Å². The van der Waals surface area contributed by atoms with E-state index < -0.39 is 0 Å². The fraction of sp³-hybridized carbons (Fsp3) is 0.258. The van der Waals surface area contributed by atoms with Crippen LogP contribution in [0.5, 0.6) is 0 Å². The number of carbonyl (C=O) groups excluding carboxylic acids is 1. The Bertz CT molecular complexity index is 1580. The highest BCUT2D eigenvalue weighted by Crippen LogP contribution is 2.37. The van der Waals surface area contributed by atoms with Crippen molar-refractivity contribution in [1.29, 1.82) is 0 Å². The topological polar surface area (TPSA) is 78.0 Å². The number of aromatic amines is 1. The highest BCUT2D eigenvalue weighted by atomic mass is 79.9. The molecular weight excluding hydrogens is 556 g/mol. The van der Waals surface area contributed by atoms with Gasteiger partial charge in [-0.05, 0) is 29.3 Å². The highest BCUT2D eigenvalue weighted by Gasteiger charge is 2.35. The summed E-state index contributed by atoms with van der Waals surface area (Å²) in [5.74, 6) is -0.0495. The van der Waals surface area contributed by atoms with Crippen molar-refractivity contribution < 1.29 is 9.53 Å². The van der Waals surface area contributed by atoms with Gasteiger partial charge >= 0.3 is 0 Å². The highest BCUT2D eigenvalue weighted by molar-refractivity contribution is 9.10. The predicted molar refractivity (Wildman–Crippen MR) is 157 cm³/mol. The number of hydrogen-bond acceptors (Lipinski definition) is 5. The fourth-order valence-electron chi connectivity index (χ4n) is 5.46. The molecule has 1 atom stereocenters. The maximum Gasteiger partial charge on any atom is 0.258 e. The summed E-state index contributed by atoms with van der Waals surface area (Å²) in [5.41, 5.74) is 4.42. The van der Waals surface area contributed by atoms with E-state index in [2.05, 4.69) is 25.8 Å². The van der Waals surface area contributed by atoms with Crippen LogP contribution in [0, 0.1) is 0 Å². The van der Waals surface area contributed by atoms with Crippen molar-refractivity contribution in [3.8, 4) is 11.1 Å². The molecule has 1 aromatic heterocycles. The molecular formula is C31H29BrN4O3. The number of hydrazone groups is 1. The van der Waals surface area contributed by atoms with E-state index in [0.29, 0.717) is 43.9 Å². The summed E-state index contributed by atoms with van der Waals surface area (Å²) >= 11 is 3.60. The number of rotatable bonds is 6. The summed E-state index contributed by atoms with van der Waals surface area (Å²) in [6.07, 6.45) is 0.808. The van der Waals surface area contributed by atoms with Crippen molar-refractivity contribution in [2.75, 3.05) is 32.8 Å². The van der Waals surface area contributed by atoms with Gasteiger partial charge in [-0.15, -0.1) is 0 Å². The van der Waals surface area contributed by atoms with Crippen molar-refractivity contribution in [2.24, 2.45) is 5.10 Å². The van der Waals surface area contributed by atoms with Crippen LogP contribution in [0.2, 0.25) is 0 Å². The molecule has 2 aliphatic rings. The van der Waals surface area contributed by atoms with Crippen LogP contribution >= 0.6 is 15.9 Å². The number of hydrogen-bond donors (Lipinski definition) is 1. The molecule has 0 aliphatic carbocycles. The zero-order chi connectivity index (χ0) is 26.8. The Morgan fingerprint density at radius 3 is 2.44 bits per heavy atom. The zero-order valence-corrected chi connectivity index (χ0v) is 23.1. The number of nitrogens with one attached hydrogen (secondary N) is 1. The lowest BCUT2D eigenvalue weighted by Gasteiger charge is -2.27. The van der Waals surface area contributed by atoms with Gasteiger partial charge < -0.3 is 9.72 Å². The molecule has 3 aromatic carbocycles. The van der Waals surface area contributed by atoms with Crippen LogP contribution in [0.25, 0.3) is 22.0 Å². The average molecular weight is 586 g/mol. The van der Waals surface area contributed by atoms with Gasteiger partial charge in [-0.2, -0.15) is 5.10 Å². The number of H-pyrrole nitrogens is 1. The first-order valence-corrected chi connectivity index (χ1v) is 14.0. The molecule has 1 saturated heterocycles. The molecule has 1 amide bonds. The quantitative estimate of drug-likeness (QED) is 0.331. The van der Waals surface area contributed by atoms with Crippen molar-refractivity contribution >= 4 is 38.5 Å². The van der Waals surface area contributed by atoms with Crippen molar-refractivity contribution in [3.05, 3.63) is 105 Å². The first kappa shape index (κ1) is 25.7. The maximum absolute atomic E-state index is 13.7. The number of nitrogens with zero attached hydrogens (tertiary/aromatic N) is 3. The molecule has 2 aliphatic heterocycles. The second kappa shape index (κ2) is 11.3. The first-order chi connectivity index (χ1) is 19.1. The first-order valence-electron chi connectivity index (χ1n) is 13.2. The molecule has 6 rings (SSSR count). The van der Waals surface area contributed by atoms with Crippen LogP contribution in [0.3, 0.4) is 0 Å². The Morgan fingerprint density at radius 1 is 0.974 bits per heavy atom. The van der Waals surface area contributed by atoms with E-state index in [1.807, 2.05) is 78.9 Å². The van der Waals surface area contributed by atoms with E-state index in [0.717, 1.165) is 45.2 Å². The Labute approximate surface area is 235 Å². The number of benzene rings is 3. The predicted octanol–water partition coefficient (Wildman–Crippen LogP) is 5.36. The van der Waals surface area contributed by atoms with Crippen molar-refractivity contribution in [2.45, 2.75) is 18.9 Å². The van der Waals surface area contributed by atoms with Gasteiger partial charge in [0, 0.05) is 53.4 Å². The second-order valence-corrected chi connectivity index (χ2v) is 10.8. The van der Waals surface area contributed by atoms with Gasteiger partial charge in [-0.1, -0.05) is 76.6 Å². The lowest BCUT2D eigenvalue weighted by atomic mass is 9.91. The number of amides is 1. The van der Waals surface area contributed by atoms with Crippen LogP contribution in [-0.2, 0) is 9.53 Å². The molecule has 3 heterocycles. The minimum atomic E-state index is -0.278. The van der Waals surface area contributed by atoms with E-state index in [4.69, 9.17) is 9.84 Å². The van der Waals surface area contributed by atoms with Gasteiger partial charge in [-0.25, -0.2) is 5.01 Å². The summed E-state index contributed by atoms with van der Waals surface area (Å²) in [6.45, 7) is 3.69. The lowest BCUT2D eigenvalue weighted by Crippen LogP contribution is -2.39. The Kier molecular flexibility index (Phi) is 7.41. The smallest absolute Gasteiger partial charge is 0.258 e. The molecule has 39 heavy (non-hydrogen) atoms. The third kappa shape index (κ3) is 5.32. The maximum atomic E-state index is 13.7. The molecule has 0 spiro atoms. The number of aromatic nitrogens is 1. The van der Waals surface area contributed by atoms with Gasteiger partial charge in [0.2, 0.25) is 5.91 Å². The largest absolute Gasteiger partial charge is 0.379 e. The fourth-order valence-corrected chi connectivity index (χ4v) is 5.83. The third-order valence-electron chi connectivity index (χ3n) is 7.42. The van der Waals surface area contributed by atoms with Crippen LogP contribution in [0.4, 0.5) is 0 Å². The molecule has 7 nitrogen and oxygen atoms in total. The Hall–Kier alpha value is -3.59. The number of pyridine rings is 1. The van der Waals surface area contributed by atoms with Crippen LogP contribution in [0.1, 0.15) is 30.0 Å². The third-order valence-corrected chi connectivity index (χ3v) is 7.92. The Morgan fingerprint density at radius 2 is 1.69 bits per heavy atom. The number of fused-ring (bicyclic) bond motifs is 1. The molecule has 198 valence electrons. The molecule has 0 bridgehead atoms. The van der Waals surface area contributed by atoms with Gasteiger partial charge in [0.05, 0.1) is 30.5 Å². The molecule has 0 radical (unpaired) electrons. The van der Waals surface area contributed by atoms with E-state index >= 15 is 0 Å². The molecule has 1 N–H and O–H groups in total. The van der Waals surface area contributed by atoms with E-state index in [-0.39, 0.29) is 17.5 Å². The van der Waals surface area contributed by atoms with Crippen LogP contribution < -0.4 is 5.56 Å². The monoisotopic (exact) mass is 584 g/mol. The van der Waals surface area contributed by atoms with E-state index in [1.165, 1.54) is 0 Å². The molecule has 1 fully saturated rings. The molecule has 0 unspecified atom stereocenters. The minimum Gasteiger partial charge on any atom is -0.379 e. The van der Waals surface area contributed by atoms with E-state index in [1.54, 1.807) is 5.01 Å². The Balaban J connectivity index is 1.44. The SMILES string of the molecule is O=C(CCN1CCOCC1)N1N=C(c2c(-c3ccccc3)c3cc(Br)ccc3[nH]c2=O)C[C@@H]1c1ccccc1. The van der Waals surface area contributed by atoms with Crippen molar-refractivity contribution in [1.82, 2.24) is 14.9 Å². The van der Waals surface area contributed by atoms with Gasteiger partial charge in [0.25, 0.3) is 5.56 Å². The standard InChI is InChI=1S/C31H29BrN4O3/c32-23-11-12-25-24(19-23)29(22-9-5-2-6-10-22)30(31(38)33-25)26-20-27(21-7-3-1-4-8-21)36(34-26)28(37)13-14-35-15-17-39-18-16-35/h1-12,19,27H,13-18,20H2,(H,33,38)/t27-/m1/s1. The average Bonchev–Trinajstić information content (AvgIpc) is 3.42. The zero-order valence-electron chi connectivity index (χ0n) is 21.5. The lowest BCUT2D eigenvalue weighted by molar-refractivity contribution is -0.133. The summed E-state index contributed by atoms with van der Waals surface area (Å²) in [5, 5.41) is 7.40. The van der Waals surface area contributed by atoms with Gasteiger partial charge in [-0.3, -0.25) is 14.5 Å². The summed E-state index contributed by atoms with van der Waals surface area (Å²) in [7, 11) is 0. The van der Waals surface area contributed by atoms with Crippen molar-refractivity contribution in [3.63, 3.8) is 0 Å². The number of halogens is 1. The summed E-state index contributed by atoms with van der Waals surface area (Å²) in [6, 6.07) is 25.4. The number of carbonyl (C=O) groups is 1. The normalized spacial score (nSPS) is 17.9. The number of ether oxygens (including phenoxy) is 1. The summed E-state index contributed by atoms with van der Waals surface area (Å²) < 4.78 is 6.36. The van der Waals surface area contributed by atoms with Crippen LogP contribution in [-0.4, -0.2) is 59.4 Å². The second-order valence-electron chi connectivity index (χ2n) is 9.88. The number of morpholine rings is 1. The van der Waals surface area contributed by atoms with Crippen LogP contribution in [0.15, 0.2) is 93.2 Å². The summed E-state index contributed by atoms with van der Waals surface area (Å²) in [4.78, 5) is 32.6. The molecule has 4 aromatic rings.